The van der Waals surface area contributed by atoms with Gasteiger partial charge >= 0.3 is 6.18 Å². The zero-order chi connectivity index (χ0) is 15.6. The third kappa shape index (κ3) is 3.17. The van der Waals surface area contributed by atoms with Crippen LogP contribution in [-0.2, 0) is 6.18 Å². The minimum Gasteiger partial charge on any atom is -0.271 e. The van der Waals surface area contributed by atoms with Crippen LogP contribution in [0.5, 0.6) is 0 Å². The molecule has 0 amide bonds. The van der Waals surface area contributed by atoms with Gasteiger partial charge in [-0.3, -0.25) is 10.8 Å². The van der Waals surface area contributed by atoms with Gasteiger partial charge in [0.2, 0.25) is 0 Å². The second-order valence-corrected chi connectivity index (χ2v) is 4.21. The zero-order valence-corrected chi connectivity index (χ0v) is 10.5. The van der Waals surface area contributed by atoms with Crippen LogP contribution in [0.15, 0.2) is 36.5 Å². The Bertz CT molecular complexity index is 642. The summed E-state index contributed by atoms with van der Waals surface area (Å²) in [5, 5.41) is 0. The van der Waals surface area contributed by atoms with Gasteiger partial charge in [0.1, 0.15) is 11.6 Å². The van der Waals surface area contributed by atoms with E-state index in [1.807, 2.05) is 0 Å². The molecule has 3 N–H and O–H groups in total. The van der Waals surface area contributed by atoms with Gasteiger partial charge in [-0.2, -0.15) is 13.2 Å². The lowest BCUT2D eigenvalue weighted by Gasteiger charge is -2.18. The van der Waals surface area contributed by atoms with Crippen molar-refractivity contribution in [2.45, 2.75) is 12.2 Å². The maximum atomic E-state index is 13.7. The van der Waals surface area contributed by atoms with Gasteiger partial charge in [0.05, 0.1) is 17.3 Å². The van der Waals surface area contributed by atoms with Gasteiger partial charge in [-0.1, -0.05) is 6.07 Å². The summed E-state index contributed by atoms with van der Waals surface area (Å²) in [6.45, 7) is 0. The SMILES string of the molecule is NNC(c1ccc(F)c(C(F)(F)F)c1)c1ncccc1F. The number of hydrazine groups is 1. The van der Waals surface area contributed by atoms with E-state index in [9.17, 15) is 22.0 Å². The second-order valence-electron chi connectivity index (χ2n) is 4.21. The van der Waals surface area contributed by atoms with E-state index in [0.717, 1.165) is 12.1 Å². The summed E-state index contributed by atoms with van der Waals surface area (Å²) >= 11 is 0. The van der Waals surface area contributed by atoms with E-state index in [0.29, 0.717) is 12.1 Å². The first-order chi connectivity index (χ1) is 9.84. The number of nitrogens with zero attached hydrogens (tertiary/aromatic N) is 1. The number of aromatic nitrogens is 1. The Labute approximate surface area is 116 Å². The molecule has 3 nitrogen and oxygen atoms in total. The van der Waals surface area contributed by atoms with Crippen LogP contribution < -0.4 is 11.3 Å². The molecule has 0 aliphatic carbocycles. The fourth-order valence-corrected chi connectivity index (χ4v) is 1.88. The summed E-state index contributed by atoms with van der Waals surface area (Å²) in [7, 11) is 0. The van der Waals surface area contributed by atoms with Crippen molar-refractivity contribution in [1.82, 2.24) is 10.4 Å². The van der Waals surface area contributed by atoms with Crippen molar-refractivity contribution in [2.24, 2.45) is 5.84 Å². The molecule has 0 fully saturated rings. The lowest BCUT2D eigenvalue weighted by Crippen LogP contribution is -2.30. The molecule has 0 aliphatic heterocycles. The molecule has 1 aromatic heterocycles. The summed E-state index contributed by atoms with van der Waals surface area (Å²) in [4.78, 5) is 3.75. The Balaban J connectivity index is 2.52. The van der Waals surface area contributed by atoms with Crippen LogP contribution in [0.4, 0.5) is 22.0 Å². The predicted octanol–water partition coefficient (Wildman–Crippen LogP) is 2.93. The standard InChI is InChI=1S/C13H10F5N3/c14-9-4-3-7(6-8(9)13(16,17)18)11(21-19)12-10(15)2-1-5-20-12/h1-6,11,21H,19H2. The Morgan fingerprint density at radius 1 is 1.10 bits per heavy atom. The minimum absolute atomic E-state index is 0.0520. The summed E-state index contributed by atoms with van der Waals surface area (Å²) in [5.74, 6) is 3.12. The van der Waals surface area contributed by atoms with Crippen molar-refractivity contribution >= 4 is 0 Å². The molecule has 0 radical (unpaired) electrons. The topological polar surface area (TPSA) is 50.9 Å². The highest BCUT2D eigenvalue weighted by molar-refractivity contribution is 5.34. The maximum absolute atomic E-state index is 13.7. The highest BCUT2D eigenvalue weighted by Crippen LogP contribution is 2.34. The van der Waals surface area contributed by atoms with Crippen LogP contribution in [-0.4, -0.2) is 4.98 Å². The third-order valence-electron chi connectivity index (χ3n) is 2.86. The summed E-state index contributed by atoms with van der Waals surface area (Å²) in [6, 6.07) is 3.62. The zero-order valence-electron chi connectivity index (χ0n) is 10.5. The molecule has 0 aliphatic rings. The van der Waals surface area contributed by atoms with Gasteiger partial charge in [-0.05, 0) is 29.8 Å². The molecule has 1 atom stereocenters. The van der Waals surface area contributed by atoms with Crippen LogP contribution in [0.25, 0.3) is 0 Å². The molecule has 2 aromatic rings. The number of nitrogens with one attached hydrogen (secondary N) is 1. The maximum Gasteiger partial charge on any atom is 0.419 e. The lowest BCUT2D eigenvalue weighted by atomic mass is 10.0. The average molecular weight is 303 g/mol. The van der Waals surface area contributed by atoms with Gasteiger partial charge < -0.3 is 0 Å². The van der Waals surface area contributed by atoms with Crippen LogP contribution in [0, 0.1) is 11.6 Å². The van der Waals surface area contributed by atoms with Gasteiger partial charge in [0.15, 0.2) is 0 Å². The monoisotopic (exact) mass is 303 g/mol. The Hall–Kier alpha value is -2.06. The number of rotatable bonds is 3. The number of benzene rings is 1. The third-order valence-corrected chi connectivity index (χ3v) is 2.86. The Kier molecular flexibility index (Phi) is 4.19. The fourth-order valence-electron chi connectivity index (χ4n) is 1.88. The summed E-state index contributed by atoms with van der Waals surface area (Å²) in [5.41, 5.74) is 0.501. The van der Waals surface area contributed by atoms with Gasteiger partial charge in [0.25, 0.3) is 0 Å². The second kappa shape index (κ2) is 5.74. The number of pyridine rings is 1. The Morgan fingerprint density at radius 3 is 2.38 bits per heavy atom. The van der Waals surface area contributed by atoms with Crippen molar-refractivity contribution in [3.05, 3.63) is 65.0 Å². The first kappa shape index (κ1) is 15.3. The largest absolute Gasteiger partial charge is 0.419 e. The van der Waals surface area contributed by atoms with E-state index in [2.05, 4.69) is 10.4 Å². The van der Waals surface area contributed by atoms with E-state index < -0.39 is 29.4 Å². The van der Waals surface area contributed by atoms with Crippen molar-refractivity contribution in [3.8, 4) is 0 Å². The van der Waals surface area contributed by atoms with E-state index in [4.69, 9.17) is 5.84 Å². The number of halogens is 5. The van der Waals surface area contributed by atoms with Crippen LogP contribution in [0.3, 0.4) is 0 Å². The minimum atomic E-state index is -4.86. The fraction of sp³-hybridized carbons (Fsp3) is 0.154. The molecular weight excluding hydrogens is 293 g/mol. The molecule has 0 saturated heterocycles. The highest BCUT2D eigenvalue weighted by Gasteiger charge is 2.35. The van der Waals surface area contributed by atoms with Crippen molar-refractivity contribution in [1.29, 1.82) is 0 Å². The number of alkyl halides is 3. The Morgan fingerprint density at radius 2 is 1.81 bits per heavy atom. The number of hydrogen-bond donors (Lipinski definition) is 2. The van der Waals surface area contributed by atoms with Crippen LogP contribution >= 0.6 is 0 Å². The molecule has 1 heterocycles. The molecule has 112 valence electrons. The van der Waals surface area contributed by atoms with Crippen molar-refractivity contribution in [3.63, 3.8) is 0 Å². The smallest absolute Gasteiger partial charge is 0.271 e. The normalized spacial score (nSPS) is 13.2. The molecule has 1 unspecified atom stereocenters. The van der Waals surface area contributed by atoms with Gasteiger partial charge in [-0.25, -0.2) is 14.2 Å². The van der Waals surface area contributed by atoms with E-state index in [-0.39, 0.29) is 11.3 Å². The van der Waals surface area contributed by atoms with E-state index in [1.165, 1.54) is 12.3 Å². The van der Waals surface area contributed by atoms with Gasteiger partial charge in [0, 0.05) is 6.20 Å². The summed E-state index contributed by atoms with van der Waals surface area (Å²) < 4.78 is 65.0. The van der Waals surface area contributed by atoms with E-state index >= 15 is 0 Å². The van der Waals surface area contributed by atoms with Crippen LogP contribution in [0.2, 0.25) is 0 Å². The van der Waals surface area contributed by atoms with E-state index in [1.54, 1.807) is 0 Å². The average Bonchev–Trinajstić information content (AvgIpc) is 2.42. The number of nitrogens with two attached hydrogens (primary N) is 1. The molecular formula is C13H10F5N3. The van der Waals surface area contributed by atoms with Crippen molar-refractivity contribution < 1.29 is 22.0 Å². The molecule has 1 aromatic carbocycles. The van der Waals surface area contributed by atoms with Crippen molar-refractivity contribution in [2.75, 3.05) is 0 Å². The molecule has 0 saturated carbocycles. The number of hydrogen-bond acceptors (Lipinski definition) is 3. The molecule has 0 bridgehead atoms. The lowest BCUT2D eigenvalue weighted by molar-refractivity contribution is -0.140. The first-order valence-electron chi connectivity index (χ1n) is 5.77. The molecule has 2 rings (SSSR count). The predicted molar refractivity (Wildman–Crippen MR) is 64.8 cm³/mol. The summed E-state index contributed by atoms with van der Waals surface area (Å²) in [6.07, 6.45) is -3.58. The quantitative estimate of drug-likeness (QED) is 0.521. The highest BCUT2D eigenvalue weighted by atomic mass is 19.4. The first-order valence-corrected chi connectivity index (χ1v) is 5.77. The molecule has 21 heavy (non-hydrogen) atoms. The molecule has 0 spiro atoms. The molecule has 8 heteroatoms. The van der Waals surface area contributed by atoms with Gasteiger partial charge in [-0.15, -0.1) is 0 Å². The van der Waals surface area contributed by atoms with Crippen LogP contribution in [0.1, 0.15) is 22.9 Å².